The molecule has 2 nitrogen and oxygen atoms in total. The number of thiophene rings is 2. The van der Waals surface area contributed by atoms with Gasteiger partial charge < -0.3 is 0 Å². The quantitative estimate of drug-likeness (QED) is 0.372. The van der Waals surface area contributed by atoms with E-state index in [-0.39, 0.29) is 0 Å². The third-order valence-corrected chi connectivity index (χ3v) is 7.34. The van der Waals surface area contributed by atoms with E-state index in [0.717, 1.165) is 21.5 Å². The van der Waals surface area contributed by atoms with Crippen molar-refractivity contribution in [3.05, 3.63) is 43.7 Å². The van der Waals surface area contributed by atoms with Crippen LogP contribution in [-0.4, -0.2) is 0 Å². The fourth-order valence-electron chi connectivity index (χ4n) is 4.23. The Bertz CT molecular complexity index is 1310. The van der Waals surface area contributed by atoms with Crippen LogP contribution in [0.2, 0.25) is 0 Å². The highest BCUT2D eigenvalue weighted by Gasteiger charge is 2.22. The molecule has 0 radical (unpaired) electrons. The van der Waals surface area contributed by atoms with E-state index in [1.807, 2.05) is 0 Å². The van der Waals surface area contributed by atoms with Gasteiger partial charge in [-0.25, -0.2) is 0 Å². The Morgan fingerprint density at radius 3 is 1.38 bits per heavy atom. The molecule has 0 amide bonds. The number of benzene rings is 1. The van der Waals surface area contributed by atoms with Crippen LogP contribution in [0.3, 0.4) is 0 Å². The fourth-order valence-corrected chi connectivity index (χ4v) is 6.49. The van der Waals surface area contributed by atoms with Crippen molar-refractivity contribution < 1.29 is 0 Å². The summed E-state index contributed by atoms with van der Waals surface area (Å²) in [5, 5.41) is 25.4. The minimum absolute atomic E-state index is 0.654. The van der Waals surface area contributed by atoms with Gasteiger partial charge in [0.15, 0.2) is 0 Å². The maximum absolute atomic E-state index is 8.72. The minimum atomic E-state index is 0.654. The first-order valence-electron chi connectivity index (χ1n) is 7.97. The van der Waals surface area contributed by atoms with Crippen molar-refractivity contribution in [3.8, 4) is 0 Å². The summed E-state index contributed by atoms with van der Waals surface area (Å²) in [5.74, 6) is 0. The Morgan fingerprint density at radius 1 is 0.625 bits per heavy atom. The van der Waals surface area contributed by atoms with Gasteiger partial charge in [0.1, 0.15) is 0 Å². The molecule has 0 bridgehead atoms. The van der Waals surface area contributed by atoms with Gasteiger partial charge in [-0.2, -0.15) is 0 Å². The monoisotopic (exact) mass is 348 g/mol. The zero-order chi connectivity index (χ0) is 16.9. The molecule has 24 heavy (non-hydrogen) atoms. The maximum Gasteiger partial charge on any atom is 0.0708 e. The van der Waals surface area contributed by atoms with Crippen molar-refractivity contribution >= 4 is 64.4 Å². The molecule has 5 rings (SSSR count). The summed E-state index contributed by atoms with van der Waals surface area (Å²) in [5.41, 5.74) is 2.34. The predicted octanol–water partition coefficient (Wildman–Crippen LogP) is 5.49. The van der Waals surface area contributed by atoms with Crippen LogP contribution in [0.5, 0.6) is 0 Å². The molecule has 3 aromatic carbocycles. The van der Waals surface area contributed by atoms with E-state index in [4.69, 9.17) is 10.8 Å². The molecule has 0 spiro atoms. The van der Waals surface area contributed by atoms with Crippen molar-refractivity contribution in [2.75, 3.05) is 0 Å². The van der Waals surface area contributed by atoms with Crippen LogP contribution in [0.25, 0.3) is 41.7 Å². The number of rotatable bonds is 0. The molecule has 0 aliphatic carbocycles. The van der Waals surface area contributed by atoms with Gasteiger partial charge in [0.05, 0.1) is 10.7 Å². The van der Waals surface area contributed by atoms with Gasteiger partial charge in [-0.05, 0) is 51.0 Å². The standard InChI is InChI=1S/C20H16N2S2/c1-7-5-11-17(21)13-10(4)16-14(9(3)15(13)19(11)23-7)18(22)12-6-8(2)24-20(12)16/h5-6,21-22H,1-4H3. The van der Waals surface area contributed by atoms with Crippen LogP contribution in [0, 0.1) is 38.5 Å². The predicted molar refractivity (Wildman–Crippen MR) is 105 cm³/mol. The molecule has 2 N–H and O–H groups in total. The van der Waals surface area contributed by atoms with Crippen LogP contribution >= 0.6 is 22.7 Å². The number of hydrogen-bond acceptors (Lipinski definition) is 4. The molecule has 5 aromatic rings. The fraction of sp³-hybridized carbons (Fsp3) is 0.200. The molecule has 0 saturated heterocycles. The van der Waals surface area contributed by atoms with Crippen LogP contribution in [0.4, 0.5) is 0 Å². The first-order valence-corrected chi connectivity index (χ1v) is 9.60. The molecule has 0 atom stereocenters. The summed E-state index contributed by atoms with van der Waals surface area (Å²) in [7, 11) is 0. The lowest BCUT2D eigenvalue weighted by Crippen LogP contribution is -2.00. The number of hydrogen-bond donors (Lipinski definition) is 2. The third kappa shape index (κ3) is 1.47. The van der Waals surface area contributed by atoms with E-state index < -0.39 is 0 Å². The molecule has 2 aromatic heterocycles. The first kappa shape index (κ1) is 14.3. The first-order chi connectivity index (χ1) is 11.4. The highest BCUT2D eigenvalue weighted by molar-refractivity contribution is 7.20. The topological polar surface area (TPSA) is 47.7 Å². The molecule has 2 heterocycles. The molecule has 0 fully saturated rings. The highest BCUT2D eigenvalue weighted by atomic mass is 32.1. The lowest BCUT2D eigenvalue weighted by atomic mass is 9.98. The molecular weight excluding hydrogens is 332 g/mol. The molecule has 118 valence electrons. The summed E-state index contributed by atoms with van der Waals surface area (Å²) >= 11 is 3.55. The van der Waals surface area contributed by atoms with Gasteiger partial charge in [0.25, 0.3) is 0 Å². The molecule has 0 aliphatic rings. The zero-order valence-corrected chi connectivity index (χ0v) is 15.6. The SMILES string of the molecule is Cc1cc2c(=N)c3c(C)c4c(c(C)c3c2s1)c(=N)c1cc(C)sc14. The van der Waals surface area contributed by atoms with Gasteiger partial charge in [-0.1, -0.05) is 0 Å². The van der Waals surface area contributed by atoms with E-state index in [2.05, 4.69) is 39.8 Å². The molecule has 4 heteroatoms. The van der Waals surface area contributed by atoms with Crippen molar-refractivity contribution in [2.45, 2.75) is 27.7 Å². The number of aryl methyl sites for hydroxylation is 4. The van der Waals surface area contributed by atoms with Gasteiger partial charge in [0, 0.05) is 51.5 Å². The second-order valence-electron chi connectivity index (χ2n) is 6.70. The van der Waals surface area contributed by atoms with Crippen LogP contribution in [-0.2, 0) is 0 Å². The highest BCUT2D eigenvalue weighted by Crippen LogP contribution is 2.42. The Morgan fingerprint density at radius 2 is 1.00 bits per heavy atom. The second kappa shape index (κ2) is 4.32. The van der Waals surface area contributed by atoms with E-state index in [1.165, 1.54) is 41.1 Å². The molecular formula is C20H16N2S2. The Balaban J connectivity index is 2.22. The summed E-state index contributed by atoms with van der Waals surface area (Å²) in [6.07, 6.45) is 0. The maximum atomic E-state index is 8.72. The van der Waals surface area contributed by atoms with Gasteiger partial charge in [-0.15, -0.1) is 22.7 Å². The summed E-state index contributed by atoms with van der Waals surface area (Å²) < 4.78 is 2.44. The van der Waals surface area contributed by atoms with Crippen molar-refractivity contribution in [3.63, 3.8) is 0 Å². The van der Waals surface area contributed by atoms with Gasteiger partial charge >= 0.3 is 0 Å². The van der Waals surface area contributed by atoms with Crippen LogP contribution in [0.15, 0.2) is 12.1 Å². The Hall–Kier alpha value is -2.04. The summed E-state index contributed by atoms with van der Waals surface area (Å²) in [6, 6.07) is 4.27. The molecule has 0 saturated carbocycles. The van der Waals surface area contributed by atoms with Crippen LogP contribution in [0.1, 0.15) is 20.9 Å². The summed E-state index contributed by atoms with van der Waals surface area (Å²) in [4.78, 5) is 2.50. The van der Waals surface area contributed by atoms with Gasteiger partial charge in [-0.3, -0.25) is 10.8 Å². The van der Waals surface area contributed by atoms with E-state index in [1.54, 1.807) is 22.7 Å². The number of nitrogens with one attached hydrogen (secondary N) is 2. The lowest BCUT2D eigenvalue weighted by molar-refractivity contribution is 1.33. The normalized spacial score (nSPS) is 12.5. The van der Waals surface area contributed by atoms with Crippen molar-refractivity contribution in [1.29, 1.82) is 10.8 Å². The lowest BCUT2D eigenvalue weighted by Gasteiger charge is -2.06. The van der Waals surface area contributed by atoms with E-state index >= 15 is 0 Å². The average molecular weight is 348 g/mol. The Labute approximate surface area is 146 Å². The van der Waals surface area contributed by atoms with Crippen molar-refractivity contribution in [2.24, 2.45) is 0 Å². The minimum Gasteiger partial charge on any atom is -0.300 e. The number of fused-ring (bicyclic) bond motifs is 6. The smallest absolute Gasteiger partial charge is 0.0708 e. The third-order valence-electron chi connectivity index (χ3n) is 5.20. The van der Waals surface area contributed by atoms with Gasteiger partial charge in [0.2, 0.25) is 0 Å². The average Bonchev–Trinajstić information content (AvgIpc) is 3.20. The van der Waals surface area contributed by atoms with E-state index in [9.17, 15) is 0 Å². The zero-order valence-electron chi connectivity index (χ0n) is 14.0. The Kier molecular flexibility index (Phi) is 2.58. The summed E-state index contributed by atoms with van der Waals surface area (Å²) in [6.45, 7) is 8.47. The molecule has 0 aliphatic heterocycles. The largest absolute Gasteiger partial charge is 0.300 e. The van der Waals surface area contributed by atoms with E-state index in [0.29, 0.717) is 10.7 Å². The molecule has 0 unspecified atom stereocenters. The van der Waals surface area contributed by atoms with Crippen LogP contribution < -0.4 is 10.7 Å². The second-order valence-corrected chi connectivity index (χ2v) is 9.21. The van der Waals surface area contributed by atoms with Crippen molar-refractivity contribution in [1.82, 2.24) is 0 Å².